The molecule has 5 nitrogen and oxygen atoms in total. The summed E-state index contributed by atoms with van der Waals surface area (Å²) in [5.41, 5.74) is 0.713. The van der Waals surface area contributed by atoms with Crippen LogP contribution in [-0.2, 0) is 0 Å². The van der Waals surface area contributed by atoms with Gasteiger partial charge in [-0.2, -0.15) is 0 Å². The summed E-state index contributed by atoms with van der Waals surface area (Å²) in [5, 5.41) is 24.0. The fraction of sp³-hybridized carbons (Fsp3) is 0.467. The van der Waals surface area contributed by atoms with Crippen molar-refractivity contribution >= 4 is 11.8 Å². The summed E-state index contributed by atoms with van der Waals surface area (Å²) in [6.45, 7) is 0.605. The van der Waals surface area contributed by atoms with Crippen LogP contribution in [0.4, 0.5) is 5.69 Å². The van der Waals surface area contributed by atoms with E-state index in [-0.39, 0.29) is 22.8 Å². The molecule has 0 heterocycles. The zero-order chi connectivity index (χ0) is 14.4. The van der Waals surface area contributed by atoms with Gasteiger partial charge in [-0.05, 0) is 18.9 Å². The molecule has 1 aliphatic rings. The number of nitrogens with zero attached hydrogens (tertiary/aromatic N) is 1. The number of hydrogen-bond acceptors (Lipinski definition) is 4. The molecule has 1 aromatic rings. The van der Waals surface area contributed by atoms with E-state index in [2.05, 4.69) is 5.32 Å². The largest absolute Gasteiger partial charge is 0.392 e. The summed E-state index contributed by atoms with van der Waals surface area (Å²) in [6.07, 6.45) is 7.41. The van der Waals surface area contributed by atoms with Crippen molar-refractivity contribution in [1.82, 2.24) is 5.32 Å². The van der Waals surface area contributed by atoms with E-state index < -0.39 is 0 Å². The molecule has 0 aliphatic heterocycles. The smallest absolute Gasteiger partial charge is 0.276 e. The molecule has 0 saturated heterocycles. The molecule has 2 atom stereocenters. The highest BCUT2D eigenvalue weighted by Gasteiger charge is 2.21. The minimum Gasteiger partial charge on any atom is -0.392 e. The first-order valence-electron chi connectivity index (χ1n) is 7.00. The van der Waals surface area contributed by atoms with Crippen LogP contribution in [-0.4, -0.2) is 28.7 Å². The number of para-hydroxylation sites is 1. The number of nitro groups is 1. The molecule has 1 aromatic carbocycles. The van der Waals surface area contributed by atoms with E-state index in [4.69, 9.17) is 0 Å². The maximum absolute atomic E-state index is 10.9. The molecule has 2 N–H and O–H groups in total. The van der Waals surface area contributed by atoms with E-state index >= 15 is 0 Å². The molecule has 1 saturated carbocycles. The first kappa shape index (κ1) is 14.7. The minimum absolute atomic E-state index is 0.112. The van der Waals surface area contributed by atoms with Crippen LogP contribution in [0, 0.1) is 10.1 Å². The molecule has 20 heavy (non-hydrogen) atoms. The van der Waals surface area contributed by atoms with Crippen LogP contribution >= 0.6 is 0 Å². The highest BCUT2D eigenvalue weighted by molar-refractivity contribution is 5.60. The maximum Gasteiger partial charge on any atom is 0.276 e. The van der Waals surface area contributed by atoms with Gasteiger partial charge in [0.2, 0.25) is 0 Å². The molecule has 2 unspecified atom stereocenters. The lowest BCUT2D eigenvalue weighted by Crippen LogP contribution is -2.42. The maximum atomic E-state index is 10.9. The number of hydrogen-bond donors (Lipinski definition) is 2. The average molecular weight is 276 g/mol. The lowest BCUT2D eigenvalue weighted by Gasteiger charge is -2.28. The summed E-state index contributed by atoms with van der Waals surface area (Å²) < 4.78 is 0. The van der Waals surface area contributed by atoms with Crippen molar-refractivity contribution in [3.8, 4) is 0 Å². The van der Waals surface area contributed by atoms with Crippen LogP contribution in [0.1, 0.15) is 31.2 Å². The van der Waals surface area contributed by atoms with Crippen molar-refractivity contribution in [1.29, 1.82) is 0 Å². The Kier molecular flexibility index (Phi) is 5.26. The minimum atomic E-state index is -0.377. The van der Waals surface area contributed by atoms with Gasteiger partial charge in [-0.1, -0.05) is 37.1 Å². The number of nitro benzene ring substituents is 1. The molecule has 2 rings (SSSR count). The molecule has 0 spiro atoms. The Morgan fingerprint density at radius 3 is 2.85 bits per heavy atom. The van der Waals surface area contributed by atoms with E-state index in [1.165, 1.54) is 6.07 Å². The van der Waals surface area contributed by atoms with Gasteiger partial charge < -0.3 is 10.4 Å². The predicted octanol–water partition coefficient (Wildman–Crippen LogP) is 2.50. The van der Waals surface area contributed by atoms with Crippen molar-refractivity contribution < 1.29 is 10.0 Å². The van der Waals surface area contributed by atoms with Gasteiger partial charge in [0.05, 0.1) is 16.6 Å². The van der Waals surface area contributed by atoms with E-state index in [0.29, 0.717) is 12.1 Å². The normalized spacial score (nSPS) is 23.1. The van der Waals surface area contributed by atoms with Crippen LogP contribution in [0.25, 0.3) is 6.08 Å². The van der Waals surface area contributed by atoms with Gasteiger partial charge in [0, 0.05) is 18.7 Å². The number of rotatable bonds is 5. The Hall–Kier alpha value is -1.72. The lowest BCUT2D eigenvalue weighted by molar-refractivity contribution is -0.385. The van der Waals surface area contributed by atoms with Crippen molar-refractivity contribution in [3.63, 3.8) is 0 Å². The molecule has 0 aromatic heterocycles. The number of nitrogens with one attached hydrogen (secondary N) is 1. The Bertz CT molecular complexity index is 488. The van der Waals surface area contributed by atoms with Gasteiger partial charge in [0.1, 0.15) is 0 Å². The monoisotopic (exact) mass is 276 g/mol. The van der Waals surface area contributed by atoms with Gasteiger partial charge in [-0.3, -0.25) is 10.1 Å². The quantitative estimate of drug-likeness (QED) is 0.640. The van der Waals surface area contributed by atoms with Gasteiger partial charge in [-0.15, -0.1) is 0 Å². The summed E-state index contributed by atoms with van der Waals surface area (Å²) >= 11 is 0. The van der Waals surface area contributed by atoms with Crippen LogP contribution < -0.4 is 5.32 Å². The zero-order valence-electron chi connectivity index (χ0n) is 11.4. The van der Waals surface area contributed by atoms with Gasteiger partial charge in [0.25, 0.3) is 5.69 Å². The first-order valence-corrected chi connectivity index (χ1v) is 7.00. The molecule has 0 amide bonds. The number of aliphatic hydroxyl groups excluding tert-OH is 1. The van der Waals surface area contributed by atoms with E-state index in [1.54, 1.807) is 24.3 Å². The summed E-state index contributed by atoms with van der Waals surface area (Å²) in [6, 6.07) is 6.80. The summed E-state index contributed by atoms with van der Waals surface area (Å²) in [4.78, 5) is 10.5. The second-order valence-electron chi connectivity index (χ2n) is 5.08. The lowest BCUT2D eigenvalue weighted by atomic mass is 9.92. The highest BCUT2D eigenvalue weighted by atomic mass is 16.6. The molecular formula is C15H20N2O3. The van der Waals surface area contributed by atoms with E-state index in [9.17, 15) is 15.2 Å². The zero-order valence-corrected chi connectivity index (χ0v) is 11.4. The molecule has 1 aliphatic carbocycles. The third-order valence-electron chi connectivity index (χ3n) is 3.66. The predicted molar refractivity (Wildman–Crippen MR) is 78.4 cm³/mol. The van der Waals surface area contributed by atoms with Gasteiger partial charge in [0.15, 0.2) is 0 Å². The Morgan fingerprint density at radius 1 is 1.35 bits per heavy atom. The highest BCUT2D eigenvalue weighted by Crippen LogP contribution is 2.19. The molecule has 1 fully saturated rings. The van der Waals surface area contributed by atoms with E-state index in [0.717, 1.165) is 25.7 Å². The SMILES string of the molecule is O=[N+]([O-])c1ccccc1/C=C/CNC1CCCCC1O. The Balaban J connectivity index is 1.89. The fourth-order valence-electron chi connectivity index (χ4n) is 2.55. The second kappa shape index (κ2) is 7.17. The van der Waals surface area contributed by atoms with Gasteiger partial charge in [-0.25, -0.2) is 0 Å². The van der Waals surface area contributed by atoms with E-state index in [1.807, 2.05) is 6.08 Å². The first-order chi connectivity index (χ1) is 9.68. The molecule has 108 valence electrons. The molecule has 5 heteroatoms. The van der Waals surface area contributed by atoms with Crippen LogP contribution in [0.15, 0.2) is 30.3 Å². The average Bonchev–Trinajstić information content (AvgIpc) is 2.45. The van der Waals surface area contributed by atoms with Crippen molar-refractivity contribution in [2.24, 2.45) is 0 Å². The van der Waals surface area contributed by atoms with Crippen molar-refractivity contribution in [3.05, 3.63) is 46.0 Å². The summed E-state index contributed by atoms with van der Waals surface area (Å²) in [7, 11) is 0. The molecule has 0 radical (unpaired) electrons. The second-order valence-corrected chi connectivity index (χ2v) is 5.08. The third kappa shape index (κ3) is 3.88. The Labute approximate surface area is 118 Å². The van der Waals surface area contributed by atoms with Crippen LogP contribution in [0.5, 0.6) is 0 Å². The standard InChI is InChI=1S/C15H20N2O3/c18-15-10-4-2-8-13(15)16-11-5-7-12-6-1-3-9-14(12)17(19)20/h1,3,5-7,9,13,15-16,18H,2,4,8,10-11H2/b7-5+. The van der Waals surface area contributed by atoms with Gasteiger partial charge >= 0.3 is 0 Å². The molecular weight excluding hydrogens is 256 g/mol. The van der Waals surface area contributed by atoms with Crippen LogP contribution in [0.2, 0.25) is 0 Å². The topological polar surface area (TPSA) is 75.4 Å². The molecule has 0 bridgehead atoms. The van der Waals surface area contributed by atoms with Crippen molar-refractivity contribution in [2.75, 3.05) is 6.54 Å². The third-order valence-corrected chi connectivity index (χ3v) is 3.66. The summed E-state index contributed by atoms with van der Waals surface area (Å²) in [5.74, 6) is 0. The van der Waals surface area contributed by atoms with Crippen molar-refractivity contribution in [2.45, 2.75) is 37.8 Å². The number of aliphatic hydroxyl groups is 1. The number of benzene rings is 1. The fourth-order valence-corrected chi connectivity index (χ4v) is 2.55. The van der Waals surface area contributed by atoms with Crippen LogP contribution in [0.3, 0.4) is 0 Å². The Morgan fingerprint density at radius 2 is 2.10 bits per heavy atom.